The minimum atomic E-state index is -0.115. The molecule has 1 heterocycles. The van der Waals surface area contributed by atoms with Gasteiger partial charge in [0.2, 0.25) is 0 Å². The molecule has 1 rings (SSSR count). The van der Waals surface area contributed by atoms with Gasteiger partial charge < -0.3 is 4.74 Å². The number of hydrogen-bond donors (Lipinski definition) is 0. The molecule has 0 N–H and O–H groups in total. The lowest BCUT2D eigenvalue weighted by Gasteiger charge is -2.03. The van der Waals surface area contributed by atoms with Gasteiger partial charge in [0.15, 0.2) is 0 Å². The van der Waals surface area contributed by atoms with Gasteiger partial charge in [-0.05, 0) is 31.8 Å². The molecular formula is C11H18O2. The number of cyclic esters (lactones) is 1. The highest BCUT2D eigenvalue weighted by molar-refractivity contribution is 5.90. The van der Waals surface area contributed by atoms with E-state index < -0.39 is 0 Å². The SMILES string of the molecule is CC(C)CCCC1=C[C@@H](C)OC1=O. The van der Waals surface area contributed by atoms with Gasteiger partial charge in [-0.1, -0.05) is 20.3 Å². The zero-order chi connectivity index (χ0) is 9.84. The summed E-state index contributed by atoms with van der Waals surface area (Å²) in [6.45, 7) is 6.29. The topological polar surface area (TPSA) is 26.3 Å². The number of esters is 1. The van der Waals surface area contributed by atoms with Crippen molar-refractivity contribution in [3.63, 3.8) is 0 Å². The Bertz CT molecular complexity index is 216. The van der Waals surface area contributed by atoms with E-state index in [0.29, 0.717) is 0 Å². The monoisotopic (exact) mass is 182 g/mol. The van der Waals surface area contributed by atoms with E-state index >= 15 is 0 Å². The second kappa shape index (κ2) is 4.45. The zero-order valence-electron chi connectivity index (χ0n) is 8.67. The van der Waals surface area contributed by atoms with E-state index in [1.54, 1.807) is 0 Å². The van der Waals surface area contributed by atoms with Crippen LogP contribution in [-0.4, -0.2) is 12.1 Å². The molecule has 0 aliphatic carbocycles. The van der Waals surface area contributed by atoms with Crippen LogP contribution in [0.3, 0.4) is 0 Å². The van der Waals surface area contributed by atoms with Crippen molar-refractivity contribution >= 4 is 5.97 Å². The average Bonchev–Trinajstić information content (AvgIpc) is 2.29. The van der Waals surface area contributed by atoms with Crippen molar-refractivity contribution in [1.29, 1.82) is 0 Å². The van der Waals surface area contributed by atoms with Gasteiger partial charge in [-0.25, -0.2) is 4.79 Å². The molecule has 0 saturated heterocycles. The number of hydrogen-bond acceptors (Lipinski definition) is 2. The number of rotatable bonds is 4. The van der Waals surface area contributed by atoms with Crippen LogP contribution in [0.1, 0.15) is 40.0 Å². The van der Waals surface area contributed by atoms with Gasteiger partial charge in [-0.3, -0.25) is 0 Å². The van der Waals surface area contributed by atoms with Gasteiger partial charge in [0.25, 0.3) is 0 Å². The molecule has 0 radical (unpaired) electrons. The van der Waals surface area contributed by atoms with Crippen LogP contribution in [0.15, 0.2) is 11.6 Å². The Morgan fingerprint density at radius 3 is 2.69 bits per heavy atom. The first-order valence-corrected chi connectivity index (χ1v) is 5.01. The highest BCUT2D eigenvalue weighted by Crippen LogP contribution is 2.19. The molecular weight excluding hydrogens is 164 g/mol. The average molecular weight is 182 g/mol. The quantitative estimate of drug-likeness (QED) is 0.625. The van der Waals surface area contributed by atoms with Crippen LogP contribution in [0.4, 0.5) is 0 Å². The lowest BCUT2D eigenvalue weighted by Crippen LogP contribution is -2.03. The molecule has 0 bridgehead atoms. The van der Waals surface area contributed by atoms with Crippen molar-refractivity contribution in [3.8, 4) is 0 Å². The Balaban J connectivity index is 2.29. The van der Waals surface area contributed by atoms with Crippen LogP contribution in [0.2, 0.25) is 0 Å². The number of carbonyl (C=O) groups excluding carboxylic acids is 1. The molecule has 0 aromatic carbocycles. The van der Waals surface area contributed by atoms with E-state index in [4.69, 9.17) is 4.74 Å². The van der Waals surface area contributed by atoms with Gasteiger partial charge in [-0.15, -0.1) is 0 Å². The minimum absolute atomic E-state index is 0.0125. The van der Waals surface area contributed by atoms with Crippen LogP contribution in [0.5, 0.6) is 0 Å². The predicted molar refractivity (Wildman–Crippen MR) is 52.3 cm³/mol. The van der Waals surface area contributed by atoms with E-state index in [-0.39, 0.29) is 12.1 Å². The Hall–Kier alpha value is -0.790. The minimum Gasteiger partial charge on any atom is -0.455 e. The summed E-state index contributed by atoms with van der Waals surface area (Å²) in [5, 5.41) is 0. The fraction of sp³-hybridized carbons (Fsp3) is 0.727. The fourth-order valence-electron chi connectivity index (χ4n) is 1.52. The third-order valence-corrected chi connectivity index (χ3v) is 2.22. The van der Waals surface area contributed by atoms with E-state index in [2.05, 4.69) is 13.8 Å². The van der Waals surface area contributed by atoms with Gasteiger partial charge in [0.1, 0.15) is 6.10 Å². The molecule has 0 unspecified atom stereocenters. The van der Waals surface area contributed by atoms with E-state index in [0.717, 1.165) is 24.3 Å². The summed E-state index contributed by atoms with van der Waals surface area (Å²) >= 11 is 0. The van der Waals surface area contributed by atoms with Crippen LogP contribution in [-0.2, 0) is 9.53 Å². The summed E-state index contributed by atoms with van der Waals surface area (Å²) in [6.07, 6.45) is 5.07. The molecule has 74 valence electrons. The Morgan fingerprint density at radius 2 is 2.23 bits per heavy atom. The van der Waals surface area contributed by atoms with Crippen molar-refractivity contribution in [2.45, 2.75) is 46.1 Å². The molecule has 2 heteroatoms. The van der Waals surface area contributed by atoms with Gasteiger partial charge in [-0.2, -0.15) is 0 Å². The Morgan fingerprint density at radius 1 is 1.54 bits per heavy atom. The molecule has 0 aromatic rings. The Labute approximate surface area is 80.0 Å². The largest absolute Gasteiger partial charge is 0.455 e. The molecule has 0 spiro atoms. The molecule has 1 aliphatic rings. The van der Waals surface area contributed by atoms with Crippen molar-refractivity contribution < 1.29 is 9.53 Å². The van der Waals surface area contributed by atoms with Crippen LogP contribution in [0.25, 0.3) is 0 Å². The highest BCUT2D eigenvalue weighted by Gasteiger charge is 2.21. The van der Waals surface area contributed by atoms with E-state index in [1.165, 1.54) is 6.42 Å². The molecule has 1 atom stereocenters. The fourth-order valence-corrected chi connectivity index (χ4v) is 1.52. The van der Waals surface area contributed by atoms with Crippen molar-refractivity contribution in [3.05, 3.63) is 11.6 Å². The first-order valence-electron chi connectivity index (χ1n) is 5.01. The van der Waals surface area contributed by atoms with Crippen molar-refractivity contribution in [1.82, 2.24) is 0 Å². The summed E-state index contributed by atoms with van der Waals surface area (Å²) in [5.41, 5.74) is 0.869. The second-order valence-corrected chi connectivity index (χ2v) is 4.09. The zero-order valence-corrected chi connectivity index (χ0v) is 8.67. The molecule has 0 saturated carbocycles. The summed E-state index contributed by atoms with van der Waals surface area (Å²) < 4.78 is 5.00. The normalized spacial score (nSPS) is 22.0. The maximum atomic E-state index is 11.2. The van der Waals surface area contributed by atoms with Crippen LogP contribution < -0.4 is 0 Å². The molecule has 13 heavy (non-hydrogen) atoms. The lowest BCUT2D eigenvalue weighted by molar-refractivity contribution is -0.139. The first-order chi connectivity index (χ1) is 6.09. The molecule has 2 nitrogen and oxygen atoms in total. The third kappa shape index (κ3) is 3.21. The Kier molecular flexibility index (Phi) is 3.52. The number of carbonyl (C=O) groups is 1. The maximum absolute atomic E-state index is 11.2. The molecule has 0 amide bonds. The summed E-state index contributed by atoms with van der Waals surface area (Å²) in [4.78, 5) is 11.2. The third-order valence-electron chi connectivity index (χ3n) is 2.22. The summed E-state index contributed by atoms with van der Waals surface area (Å²) in [5.74, 6) is 0.603. The number of ether oxygens (including phenoxy) is 1. The van der Waals surface area contributed by atoms with E-state index in [9.17, 15) is 4.79 Å². The summed E-state index contributed by atoms with van der Waals surface area (Å²) in [6, 6.07) is 0. The van der Waals surface area contributed by atoms with Crippen molar-refractivity contribution in [2.24, 2.45) is 5.92 Å². The highest BCUT2D eigenvalue weighted by atomic mass is 16.5. The molecule has 0 aromatic heterocycles. The second-order valence-electron chi connectivity index (χ2n) is 4.09. The molecule has 0 fully saturated rings. The van der Waals surface area contributed by atoms with E-state index in [1.807, 2.05) is 13.0 Å². The van der Waals surface area contributed by atoms with Gasteiger partial charge in [0, 0.05) is 5.57 Å². The van der Waals surface area contributed by atoms with Crippen molar-refractivity contribution in [2.75, 3.05) is 0 Å². The van der Waals surface area contributed by atoms with Crippen LogP contribution in [0, 0.1) is 5.92 Å². The van der Waals surface area contributed by atoms with Crippen LogP contribution >= 0.6 is 0 Å². The first kappa shape index (κ1) is 10.3. The predicted octanol–water partition coefficient (Wildman–Crippen LogP) is 2.68. The standard InChI is InChI=1S/C11H18O2/c1-8(2)5-4-6-10-7-9(3)13-11(10)12/h7-9H,4-6H2,1-3H3/t9-/m1/s1. The van der Waals surface area contributed by atoms with Gasteiger partial charge in [0.05, 0.1) is 0 Å². The lowest BCUT2D eigenvalue weighted by atomic mass is 10.0. The molecule has 1 aliphatic heterocycles. The van der Waals surface area contributed by atoms with Gasteiger partial charge >= 0.3 is 5.97 Å². The maximum Gasteiger partial charge on any atom is 0.334 e. The smallest absolute Gasteiger partial charge is 0.334 e. The summed E-state index contributed by atoms with van der Waals surface area (Å²) in [7, 11) is 0.